The third kappa shape index (κ3) is 2.37. The van der Waals surface area contributed by atoms with Crippen LogP contribution in [0.5, 0.6) is 0 Å². The second kappa shape index (κ2) is 4.94. The molecule has 1 saturated carbocycles. The van der Waals surface area contributed by atoms with Crippen LogP contribution in [0.2, 0.25) is 0 Å². The molecule has 0 heterocycles. The van der Waals surface area contributed by atoms with E-state index in [1.165, 1.54) is 5.56 Å². The lowest BCUT2D eigenvalue weighted by Gasteiger charge is -2.11. The smallest absolute Gasteiger partial charge is 0.0527 e. The van der Waals surface area contributed by atoms with E-state index in [0.29, 0.717) is 0 Å². The van der Waals surface area contributed by atoms with Crippen molar-refractivity contribution in [2.45, 2.75) is 32.1 Å². The summed E-state index contributed by atoms with van der Waals surface area (Å²) in [5, 5.41) is 9.17. The van der Waals surface area contributed by atoms with Crippen molar-refractivity contribution in [3.05, 3.63) is 34.3 Å². The molecule has 78 valence electrons. The van der Waals surface area contributed by atoms with Gasteiger partial charge < -0.3 is 5.11 Å². The normalized spacial score (nSPS) is 16.9. The Morgan fingerprint density at radius 2 is 1.71 bits per heavy atom. The average molecular weight is 257 g/mol. The van der Waals surface area contributed by atoms with E-state index in [4.69, 9.17) is 5.11 Å². The van der Waals surface area contributed by atoms with Gasteiger partial charge in [0, 0.05) is 9.89 Å². The molecule has 1 nitrogen and oxygen atoms in total. The first-order chi connectivity index (χ1) is 6.77. The molecule has 1 aliphatic rings. The van der Waals surface area contributed by atoms with E-state index in [9.17, 15) is 0 Å². The van der Waals surface area contributed by atoms with Crippen LogP contribution in [0.4, 0.5) is 0 Å². The number of benzene rings is 1. The van der Waals surface area contributed by atoms with Crippen LogP contribution in [0.3, 0.4) is 0 Å². The van der Waals surface area contributed by atoms with Crippen LogP contribution in [0.15, 0.2) is 28.7 Å². The Balaban J connectivity index is 0.000000461. The van der Waals surface area contributed by atoms with Crippen LogP contribution in [0.1, 0.15) is 32.3 Å². The van der Waals surface area contributed by atoms with Gasteiger partial charge in [-0.2, -0.15) is 0 Å². The summed E-state index contributed by atoms with van der Waals surface area (Å²) in [6.45, 7) is 4.29. The van der Waals surface area contributed by atoms with E-state index in [2.05, 4.69) is 28.1 Å². The fraction of sp³-hybridized carbons (Fsp3) is 0.500. The lowest BCUT2D eigenvalue weighted by atomic mass is 9.97. The van der Waals surface area contributed by atoms with Gasteiger partial charge in [0.05, 0.1) is 6.61 Å². The van der Waals surface area contributed by atoms with Crippen molar-refractivity contribution in [2.75, 3.05) is 6.61 Å². The standard InChI is InChI=1S/C10H11BrO.C2H6/c11-9-3-1-8(2-4-9)10(7-12)5-6-10;1-2/h1-4,12H,5-7H2;1-2H3. The third-order valence-electron chi connectivity index (χ3n) is 2.61. The maximum atomic E-state index is 9.17. The molecule has 0 bridgehead atoms. The van der Waals surface area contributed by atoms with Crippen molar-refractivity contribution < 1.29 is 5.11 Å². The minimum absolute atomic E-state index is 0.112. The van der Waals surface area contributed by atoms with Crippen LogP contribution in [0, 0.1) is 0 Å². The van der Waals surface area contributed by atoms with Gasteiger partial charge in [-0.05, 0) is 30.5 Å². The molecule has 0 aliphatic heterocycles. The highest BCUT2D eigenvalue weighted by Crippen LogP contribution is 2.47. The molecule has 1 N–H and O–H groups in total. The zero-order valence-corrected chi connectivity index (χ0v) is 10.3. The molecule has 0 spiro atoms. The Labute approximate surface area is 94.3 Å². The highest BCUT2D eigenvalue weighted by Gasteiger charge is 2.43. The first-order valence-electron chi connectivity index (χ1n) is 5.14. The van der Waals surface area contributed by atoms with Crippen molar-refractivity contribution in [3.8, 4) is 0 Å². The Hall–Kier alpha value is -0.340. The summed E-state index contributed by atoms with van der Waals surface area (Å²) in [5.41, 5.74) is 1.38. The Kier molecular flexibility index (Phi) is 4.14. The van der Waals surface area contributed by atoms with Crippen LogP contribution >= 0.6 is 15.9 Å². The quantitative estimate of drug-likeness (QED) is 0.859. The molecule has 0 aromatic heterocycles. The maximum Gasteiger partial charge on any atom is 0.0527 e. The first kappa shape index (κ1) is 11.7. The summed E-state index contributed by atoms with van der Waals surface area (Å²) in [5.74, 6) is 0. The van der Waals surface area contributed by atoms with E-state index in [1.807, 2.05) is 26.0 Å². The molecule has 1 aromatic rings. The van der Waals surface area contributed by atoms with Crippen molar-refractivity contribution in [1.82, 2.24) is 0 Å². The summed E-state index contributed by atoms with van der Waals surface area (Å²) in [7, 11) is 0. The fourth-order valence-electron chi connectivity index (χ4n) is 1.49. The van der Waals surface area contributed by atoms with Gasteiger partial charge in [0.25, 0.3) is 0 Å². The van der Waals surface area contributed by atoms with E-state index in [1.54, 1.807) is 0 Å². The van der Waals surface area contributed by atoms with Crippen LogP contribution < -0.4 is 0 Å². The molecular formula is C12H17BrO. The summed E-state index contributed by atoms with van der Waals surface area (Å²) in [6.07, 6.45) is 2.26. The molecule has 14 heavy (non-hydrogen) atoms. The number of aliphatic hydroxyl groups excluding tert-OH is 1. The number of halogens is 1. The number of hydrogen-bond donors (Lipinski definition) is 1. The molecule has 0 radical (unpaired) electrons. The summed E-state index contributed by atoms with van der Waals surface area (Å²) in [4.78, 5) is 0. The van der Waals surface area contributed by atoms with E-state index < -0.39 is 0 Å². The van der Waals surface area contributed by atoms with Gasteiger partial charge in [0.1, 0.15) is 0 Å². The Morgan fingerprint density at radius 1 is 1.21 bits per heavy atom. The molecule has 0 amide bonds. The predicted octanol–water partition coefficient (Wildman–Crippen LogP) is 3.50. The first-order valence-corrected chi connectivity index (χ1v) is 5.93. The van der Waals surface area contributed by atoms with Gasteiger partial charge in [-0.15, -0.1) is 0 Å². The average Bonchev–Trinajstić information content (AvgIpc) is 3.03. The molecule has 1 aliphatic carbocycles. The van der Waals surface area contributed by atoms with Gasteiger partial charge in [-0.25, -0.2) is 0 Å². The minimum Gasteiger partial charge on any atom is -0.395 e. The minimum atomic E-state index is 0.112. The second-order valence-electron chi connectivity index (χ2n) is 3.45. The highest BCUT2D eigenvalue weighted by atomic mass is 79.9. The van der Waals surface area contributed by atoms with E-state index in [0.717, 1.165) is 17.3 Å². The zero-order valence-electron chi connectivity index (χ0n) is 8.76. The monoisotopic (exact) mass is 256 g/mol. The fourth-order valence-corrected chi connectivity index (χ4v) is 1.76. The molecule has 2 heteroatoms. The number of aliphatic hydroxyl groups is 1. The van der Waals surface area contributed by atoms with Gasteiger partial charge in [0.2, 0.25) is 0 Å². The number of hydrogen-bond acceptors (Lipinski definition) is 1. The summed E-state index contributed by atoms with van der Waals surface area (Å²) in [6, 6.07) is 8.25. The molecule has 0 saturated heterocycles. The summed E-state index contributed by atoms with van der Waals surface area (Å²) < 4.78 is 1.10. The topological polar surface area (TPSA) is 20.2 Å². The van der Waals surface area contributed by atoms with Gasteiger partial charge in [-0.1, -0.05) is 41.9 Å². The van der Waals surface area contributed by atoms with Gasteiger partial charge >= 0.3 is 0 Å². The summed E-state index contributed by atoms with van der Waals surface area (Å²) >= 11 is 3.39. The molecule has 1 fully saturated rings. The molecular weight excluding hydrogens is 240 g/mol. The van der Waals surface area contributed by atoms with Gasteiger partial charge in [-0.3, -0.25) is 0 Å². The van der Waals surface area contributed by atoms with Crippen LogP contribution in [-0.4, -0.2) is 11.7 Å². The third-order valence-corrected chi connectivity index (χ3v) is 3.14. The van der Waals surface area contributed by atoms with Crippen LogP contribution in [0.25, 0.3) is 0 Å². The second-order valence-corrected chi connectivity index (χ2v) is 4.36. The van der Waals surface area contributed by atoms with Gasteiger partial charge in [0.15, 0.2) is 0 Å². The maximum absolute atomic E-state index is 9.17. The van der Waals surface area contributed by atoms with Crippen molar-refractivity contribution in [3.63, 3.8) is 0 Å². The number of rotatable bonds is 2. The largest absolute Gasteiger partial charge is 0.395 e. The molecule has 1 aromatic carbocycles. The van der Waals surface area contributed by atoms with E-state index >= 15 is 0 Å². The highest BCUT2D eigenvalue weighted by molar-refractivity contribution is 9.10. The SMILES string of the molecule is CC.OCC1(c2ccc(Br)cc2)CC1. The van der Waals surface area contributed by atoms with Crippen molar-refractivity contribution in [1.29, 1.82) is 0 Å². The Morgan fingerprint density at radius 3 is 2.07 bits per heavy atom. The molecule has 0 unspecified atom stereocenters. The Bertz CT molecular complexity index is 275. The lowest BCUT2D eigenvalue weighted by molar-refractivity contribution is 0.255. The zero-order chi connectivity index (χ0) is 10.6. The van der Waals surface area contributed by atoms with Crippen molar-refractivity contribution in [2.24, 2.45) is 0 Å². The van der Waals surface area contributed by atoms with Crippen LogP contribution in [-0.2, 0) is 5.41 Å². The molecule has 0 atom stereocenters. The lowest BCUT2D eigenvalue weighted by Crippen LogP contribution is -2.11. The molecule has 2 rings (SSSR count). The van der Waals surface area contributed by atoms with Crippen molar-refractivity contribution >= 4 is 15.9 Å². The predicted molar refractivity (Wildman–Crippen MR) is 63.5 cm³/mol. The van der Waals surface area contributed by atoms with E-state index in [-0.39, 0.29) is 12.0 Å².